The topological polar surface area (TPSA) is 70.8 Å². The minimum absolute atomic E-state index is 0.332. The zero-order valence-corrected chi connectivity index (χ0v) is 17.0. The molecular formula is C20H25N5O2S. The van der Waals surface area contributed by atoms with Crippen LogP contribution in [0.2, 0.25) is 0 Å². The summed E-state index contributed by atoms with van der Waals surface area (Å²) in [6.07, 6.45) is 4.12. The minimum atomic E-state index is -3.37. The molecule has 0 saturated carbocycles. The molecule has 28 heavy (non-hydrogen) atoms. The fraction of sp³-hybridized carbons (Fsp3) is 0.400. The van der Waals surface area contributed by atoms with E-state index >= 15 is 0 Å². The van der Waals surface area contributed by atoms with Crippen LogP contribution in [0.5, 0.6) is 0 Å². The number of aromatic nitrogens is 3. The maximum atomic E-state index is 12.2. The van der Waals surface area contributed by atoms with Crippen LogP contribution in [-0.2, 0) is 16.6 Å². The van der Waals surface area contributed by atoms with E-state index in [4.69, 9.17) is 0 Å². The Morgan fingerprint density at radius 2 is 1.75 bits per heavy atom. The standard InChI is InChI=1S/C20H25N5O2S/c1-23(2)28(26,27)18-8-6-16(7-9-18)15-24-13-10-17(11-14-24)20-22-21-19-5-3-4-12-25(19)20/h3-9,12,17H,10-11,13-15H2,1-2H3. The molecule has 0 atom stereocenters. The highest BCUT2D eigenvalue weighted by Gasteiger charge is 2.24. The Bertz CT molecular complexity index is 1050. The third kappa shape index (κ3) is 3.67. The molecule has 1 aliphatic heterocycles. The van der Waals surface area contributed by atoms with Crippen LogP contribution in [0.25, 0.3) is 5.65 Å². The first-order valence-corrected chi connectivity index (χ1v) is 10.9. The molecule has 0 N–H and O–H groups in total. The van der Waals surface area contributed by atoms with Crippen molar-refractivity contribution in [3.63, 3.8) is 0 Å². The molecule has 0 bridgehead atoms. The van der Waals surface area contributed by atoms with Crippen molar-refractivity contribution in [2.45, 2.75) is 30.2 Å². The molecule has 1 fully saturated rings. The summed E-state index contributed by atoms with van der Waals surface area (Å²) in [7, 11) is -0.277. The highest BCUT2D eigenvalue weighted by molar-refractivity contribution is 7.89. The lowest BCUT2D eigenvalue weighted by Crippen LogP contribution is -2.33. The van der Waals surface area contributed by atoms with E-state index < -0.39 is 10.0 Å². The maximum Gasteiger partial charge on any atom is 0.242 e. The third-order valence-corrected chi connectivity index (χ3v) is 7.23. The Hall–Kier alpha value is -2.29. The zero-order valence-electron chi connectivity index (χ0n) is 16.2. The second kappa shape index (κ2) is 7.62. The van der Waals surface area contributed by atoms with Gasteiger partial charge in [0.1, 0.15) is 5.82 Å². The van der Waals surface area contributed by atoms with Gasteiger partial charge < -0.3 is 0 Å². The number of nitrogens with zero attached hydrogens (tertiary/aromatic N) is 5. The molecule has 0 amide bonds. The van der Waals surface area contributed by atoms with Gasteiger partial charge in [0.25, 0.3) is 0 Å². The number of piperidine rings is 1. The highest BCUT2D eigenvalue weighted by atomic mass is 32.2. The smallest absolute Gasteiger partial charge is 0.242 e. The van der Waals surface area contributed by atoms with E-state index in [2.05, 4.69) is 19.5 Å². The number of fused-ring (bicyclic) bond motifs is 1. The number of sulfonamides is 1. The fourth-order valence-corrected chi connectivity index (χ4v) is 4.63. The Kier molecular flexibility index (Phi) is 5.18. The van der Waals surface area contributed by atoms with E-state index in [-0.39, 0.29) is 0 Å². The Morgan fingerprint density at radius 1 is 1.04 bits per heavy atom. The Labute approximate surface area is 165 Å². The molecule has 0 aliphatic carbocycles. The van der Waals surface area contributed by atoms with E-state index in [0.717, 1.165) is 49.5 Å². The largest absolute Gasteiger partial charge is 0.299 e. The van der Waals surface area contributed by atoms with Gasteiger partial charge in [0.05, 0.1) is 4.90 Å². The van der Waals surface area contributed by atoms with Crippen molar-refractivity contribution in [2.75, 3.05) is 27.2 Å². The second-order valence-electron chi connectivity index (χ2n) is 7.47. The van der Waals surface area contributed by atoms with Crippen molar-refractivity contribution in [3.05, 3.63) is 60.0 Å². The van der Waals surface area contributed by atoms with Crippen molar-refractivity contribution in [3.8, 4) is 0 Å². The number of pyridine rings is 1. The van der Waals surface area contributed by atoms with E-state index in [1.165, 1.54) is 4.31 Å². The SMILES string of the molecule is CN(C)S(=O)(=O)c1ccc(CN2CCC(c3nnc4ccccn34)CC2)cc1. The summed E-state index contributed by atoms with van der Waals surface area (Å²) in [4.78, 5) is 2.74. The van der Waals surface area contributed by atoms with Crippen LogP contribution in [-0.4, -0.2) is 59.4 Å². The molecule has 3 aromatic rings. The summed E-state index contributed by atoms with van der Waals surface area (Å²) >= 11 is 0. The number of hydrogen-bond acceptors (Lipinski definition) is 5. The quantitative estimate of drug-likeness (QED) is 0.659. The van der Waals surface area contributed by atoms with Gasteiger partial charge in [-0.3, -0.25) is 9.30 Å². The summed E-state index contributed by atoms with van der Waals surface area (Å²) < 4.78 is 27.7. The van der Waals surface area contributed by atoms with Crippen LogP contribution in [0.3, 0.4) is 0 Å². The molecule has 1 aromatic carbocycles. The first-order chi connectivity index (χ1) is 13.4. The summed E-state index contributed by atoms with van der Waals surface area (Å²) in [6, 6.07) is 13.2. The van der Waals surface area contributed by atoms with Crippen molar-refractivity contribution in [2.24, 2.45) is 0 Å². The van der Waals surface area contributed by atoms with Crippen LogP contribution in [0.15, 0.2) is 53.6 Å². The summed E-state index contributed by atoms with van der Waals surface area (Å²) in [5.74, 6) is 1.47. The monoisotopic (exact) mass is 399 g/mol. The average Bonchev–Trinajstić information content (AvgIpc) is 3.13. The number of rotatable bonds is 5. The lowest BCUT2D eigenvalue weighted by atomic mass is 9.95. The molecule has 7 nitrogen and oxygen atoms in total. The zero-order chi connectivity index (χ0) is 19.7. The Morgan fingerprint density at radius 3 is 2.43 bits per heavy atom. The van der Waals surface area contributed by atoms with Gasteiger partial charge in [-0.15, -0.1) is 10.2 Å². The summed E-state index contributed by atoms with van der Waals surface area (Å²) in [6.45, 7) is 2.81. The van der Waals surface area contributed by atoms with E-state index in [9.17, 15) is 8.42 Å². The molecule has 3 heterocycles. The maximum absolute atomic E-state index is 12.2. The molecule has 4 rings (SSSR count). The van der Waals surface area contributed by atoms with E-state index in [1.807, 2.05) is 36.5 Å². The number of benzene rings is 1. The molecule has 1 aliphatic rings. The molecule has 0 spiro atoms. The molecule has 2 aromatic heterocycles. The molecule has 0 radical (unpaired) electrons. The van der Waals surface area contributed by atoms with Crippen molar-refractivity contribution in [1.82, 2.24) is 23.8 Å². The van der Waals surface area contributed by atoms with Gasteiger partial charge in [-0.25, -0.2) is 12.7 Å². The van der Waals surface area contributed by atoms with Gasteiger partial charge in [0, 0.05) is 32.8 Å². The van der Waals surface area contributed by atoms with Crippen LogP contribution in [0.1, 0.15) is 30.1 Å². The predicted molar refractivity (Wildman–Crippen MR) is 108 cm³/mol. The van der Waals surface area contributed by atoms with Crippen LogP contribution in [0.4, 0.5) is 0 Å². The lowest BCUT2D eigenvalue weighted by Gasteiger charge is -2.31. The molecule has 148 valence electrons. The van der Waals surface area contributed by atoms with Gasteiger partial charge >= 0.3 is 0 Å². The lowest BCUT2D eigenvalue weighted by molar-refractivity contribution is 0.201. The van der Waals surface area contributed by atoms with Crippen molar-refractivity contribution < 1.29 is 8.42 Å². The molecule has 8 heteroatoms. The van der Waals surface area contributed by atoms with Crippen molar-refractivity contribution >= 4 is 15.7 Å². The van der Waals surface area contributed by atoms with E-state index in [1.54, 1.807) is 26.2 Å². The fourth-order valence-electron chi connectivity index (χ4n) is 3.72. The second-order valence-corrected chi connectivity index (χ2v) is 9.62. The van der Waals surface area contributed by atoms with Crippen LogP contribution >= 0.6 is 0 Å². The predicted octanol–water partition coefficient (Wildman–Crippen LogP) is 2.36. The van der Waals surface area contributed by atoms with Gasteiger partial charge in [-0.1, -0.05) is 18.2 Å². The van der Waals surface area contributed by atoms with Gasteiger partial charge in [-0.2, -0.15) is 0 Å². The first kappa shape index (κ1) is 19.0. The minimum Gasteiger partial charge on any atom is -0.299 e. The van der Waals surface area contributed by atoms with Crippen LogP contribution < -0.4 is 0 Å². The molecule has 0 unspecified atom stereocenters. The average molecular weight is 400 g/mol. The van der Waals surface area contributed by atoms with Crippen LogP contribution in [0, 0.1) is 0 Å². The molecular weight excluding hydrogens is 374 g/mol. The van der Waals surface area contributed by atoms with Crippen molar-refractivity contribution in [1.29, 1.82) is 0 Å². The van der Waals surface area contributed by atoms with Gasteiger partial charge in [0.15, 0.2) is 5.65 Å². The summed E-state index contributed by atoms with van der Waals surface area (Å²) in [5.41, 5.74) is 2.02. The normalized spacial score (nSPS) is 16.8. The molecule has 1 saturated heterocycles. The number of likely N-dealkylation sites (tertiary alicyclic amines) is 1. The number of hydrogen-bond donors (Lipinski definition) is 0. The first-order valence-electron chi connectivity index (χ1n) is 9.48. The summed E-state index contributed by atoms with van der Waals surface area (Å²) in [5, 5.41) is 8.68. The Balaban J connectivity index is 1.38. The third-order valence-electron chi connectivity index (χ3n) is 5.40. The van der Waals surface area contributed by atoms with E-state index in [0.29, 0.717) is 10.8 Å². The van der Waals surface area contributed by atoms with Gasteiger partial charge in [0.2, 0.25) is 10.0 Å². The highest BCUT2D eigenvalue weighted by Crippen LogP contribution is 2.28. The van der Waals surface area contributed by atoms with Gasteiger partial charge in [-0.05, 0) is 55.8 Å².